The third kappa shape index (κ3) is 0.654. The van der Waals surface area contributed by atoms with Gasteiger partial charge in [-0.25, -0.2) is 4.98 Å². The zero-order valence-electron chi connectivity index (χ0n) is 5.54. The van der Waals surface area contributed by atoms with Gasteiger partial charge in [-0.3, -0.25) is 5.10 Å². The summed E-state index contributed by atoms with van der Waals surface area (Å²) < 4.78 is 0. The standard InChI is InChI=1S/C6H9N3O/c10-6(2-1-3-6)5-7-4-8-9-5/h4,10H,1-3H2,(H,7,8,9). The fourth-order valence-electron chi connectivity index (χ4n) is 1.18. The fourth-order valence-corrected chi connectivity index (χ4v) is 1.18. The Labute approximate surface area is 58.3 Å². The molecule has 0 radical (unpaired) electrons. The van der Waals surface area contributed by atoms with Crippen LogP contribution in [0.1, 0.15) is 25.1 Å². The van der Waals surface area contributed by atoms with E-state index in [1.165, 1.54) is 6.33 Å². The molecule has 1 aliphatic carbocycles. The number of nitrogens with one attached hydrogen (secondary N) is 1. The van der Waals surface area contributed by atoms with Crippen LogP contribution in [0.25, 0.3) is 0 Å². The van der Waals surface area contributed by atoms with Crippen molar-refractivity contribution >= 4 is 0 Å². The van der Waals surface area contributed by atoms with Gasteiger partial charge in [0.05, 0.1) is 0 Å². The largest absolute Gasteiger partial charge is 0.382 e. The second-order valence-electron chi connectivity index (χ2n) is 2.72. The Morgan fingerprint density at radius 3 is 2.80 bits per heavy atom. The van der Waals surface area contributed by atoms with Crippen molar-refractivity contribution in [3.8, 4) is 0 Å². The summed E-state index contributed by atoms with van der Waals surface area (Å²) in [5.74, 6) is 0.610. The van der Waals surface area contributed by atoms with Gasteiger partial charge in [0, 0.05) is 0 Å². The van der Waals surface area contributed by atoms with Crippen molar-refractivity contribution in [1.29, 1.82) is 0 Å². The molecule has 0 saturated heterocycles. The van der Waals surface area contributed by atoms with Gasteiger partial charge in [0.1, 0.15) is 11.9 Å². The minimum Gasteiger partial charge on any atom is -0.382 e. The summed E-state index contributed by atoms with van der Waals surface area (Å²) in [7, 11) is 0. The highest BCUT2D eigenvalue weighted by Crippen LogP contribution is 2.38. The quantitative estimate of drug-likeness (QED) is 0.583. The average Bonchev–Trinajstić information content (AvgIpc) is 2.33. The SMILES string of the molecule is OC1(c2ncn[nH]2)CCC1. The summed E-state index contributed by atoms with van der Waals surface area (Å²) >= 11 is 0. The molecule has 10 heavy (non-hydrogen) atoms. The maximum atomic E-state index is 9.64. The third-order valence-electron chi connectivity index (χ3n) is 2.04. The van der Waals surface area contributed by atoms with Crippen LogP contribution in [0.3, 0.4) is 0 Å². The molecule has 54 valence electrons. The lowest BCUT2D eigenvalue weighted by atomic mass is 9.80. The Morgan fingerprint density at radius 1 is 1.60 bits per heavy atom. The predicted molar refractivity (Wildman–Crippen MR) is 34.1 cm³/mol. The van der Waals surface area contributed by atoms with E-state index in [1.54, 1.807) is 0 Å². The van der Waals surface area contributed by atoms with Gasteiger partial charge in [0.2, 0.25) is 0 Å². The van der Waals surface area contributed by atoms with Gasteiger partial charge in [0.25, 0.3) is 0 Å². The van der Waals surface area contributed by atoms with Crippen molar-refractivity contribution in [1.82, 2.24) is 15.2 Å². The van der Waals surface area contributed by atoms with Crippen LogP contribution < -0.4 is 0 Å². The van der Waals surface area contributed by atoms with E-state index in [0.717, 1.165) is 19.3 Å². The number of rotatable bonds is 1. The average molecular weight is 139 g/mol. The number of nitrogens with zero attached hydrogens (tertiary/aromatic N) is 2. The first kappa shape index (κ1) is 5.85. The fraction of sp³-hybridized carbons (Fsp3) is 0.667. The lowest BCUT2D eigenvalue weighted by Crippen LogP contribution is -2.34. The van der Waals surface area contributed by atoms with Gasteiger partial charge in [0.15, 0.2) is 5.82 Å². The zero-order valence-corrected chi connectivity index (χ0v) is 5.54. The number of hydrogen-bond donors (Lipinski definition) is 2. The first-order valence-corrected chi connectivity index (χ1v) is 3.39. The number of hydrogen-bond acceptors (Lipinski definition) is 3. The molecule has 1 aliphatic rings. The van der Waals surface area contributed by atoms with Gasteiger partial charge in [-0.15, -0.1) is 0 Å². The second kappa shape index (κ2) is 1.79. The summed E-state index contributed by atoms with van der Waals surface area (Å²) in [6, 6.07) is 0. The molecule has 0 spiro atoms. The first-order chi connectivity index (χ1) is 4.81. The Kier molecular flexibility index (Phi) is 1.05. The van der Waals surface area contributed by atoms with E-state index in [-0.39, 0.29) is 0 Å². The first-order valence-electron chi connectivity index (χ1n) is 3.39. The molecule has 0 atom stereocenters. The van der Waals surface area contributed by atoms with Crippen LogP contribution in [-0.4, -0.2) is 20.3 Å². The molecule has 2 N–H and O–H groups in total. The molecule has 0 aliphatic heterocycles. The van der Waals surface area contributed by atoms with Crippen molar-refractivity contribution in [3.05, 3.63) is 12.2 Å². The lowest BCUT2D eigenvalue weighted by Gasteiger charge is -2.33. The van der Waals surface area contributed by atoms with Crippen LogP contribution in [0.5, 0.6) is 0 Å². The maximum Gasteiger partial charge on any atom is 0.156 e. The van der Waals surface area contributed by atoms with Gasteiger partial charge >= 0.3 is 0 Å². The summed E-state index contributed by atoms with van der Waals surface area (Å²) in [6.45, 7) is 0. The Balaban J connectivity index is 2.27. The molecular weight excluding hydrogens is 130 g/mol. The summed E-state index contributed by atoms with van der Waals surface area (Å²) in [4.78, 5) is 3.89. The Morgan fingerprint density at radius 2 is 2.40 bits per heavy atom. The molecule has 4 heteroatoms. The van der Waals surface area contributed by atoms with Gasteiger partial charge in [-0.1, -0.05) is 0 Å². The zero-order chi connectivity index (χ0) is 7.03. The van der Waals surface area contributed by atoms with Gasteiger partial charge < -0.3 is 5.11 Å². The summed E-state index contributed by atoms with van der Waals surface area (Å²) in [5.41, 5.74) is -0.684. The van der Waals surface area contributed by atoms with Gasteiger partial charge in [-0.05, 0) is 19.3 Å². The lowest BCUT2D eigenvalue weighted by molar-refractivity contribution is -0.0464. The van der Waals surface area contributed by atoms with Crippen molar-refractivity contribution < 1.29 is 5.11 Å². The molecule has 0 amide bonds. The number of aliphatic hydroxyl groups is 1. The van der Waals surface area contributed by atoms with E-state index in [4.69, 9.17) is 0 Å². The highest BCUT2D eigenvalue weighted by Gasteiger charge is 2.38. The summed E-state index contributed by atoms with van der Waals surface area (Å²) in [5, 5.41) is 16.0. The molecule has 2 rings (SSSR count). The Bertz CT molecular complexity index is 215. The molecule has 0 bridgehead atoms. The van der Waals surface area contributed by atoms with Crippen LogP contribution in [0.2, 0.25) is 0 Å². The number of aromatic nitrogens is 3. The minimum atomic E-state index is -0.684. The summed E-state index contributed by atoms with van der Waals surface area (Å²) in [6.07, 6.45) is 4.12. The molecule has 1 aromatic heterocycles. The topological polar surface area (TPSA) is 61.8 Å². The van der Waals surface area contributed by atoms with E-state index in [0.29, 0.717) is 5.82 Å². The van der Waals surface area contributed by atoms with Crippen LogP contribution in [0.15, 0.2) is 6.33 Å². The van der Waals surface area contributed by atoms with E-state index < -0.39 is 5.60 Å². The van der Waals surface area contributed by atoms with Crippen molar-refractivity contribution in [2.75, 3.05) is 0 Å². The second-order valence-corrected chi connectivity index (χ2v) is 2.72. The number of aromatic amines is 1. The molecule has 1 saturated carbocycles. The molecular formula is C6H9N3O. The van der Waals surface area contributed by atoms with Crippen molar-refractivity contribution in [2.45, 2.75) is 24.9 Å². The molecule has 1 heterocycles. The van der Waals surface area contributed by atoms with Crippen LogP contribution in [0, 0.1) is 0 Å². The normalized spacial score (nSPS) is 22.1. The van der Waals surface area contributed by atoms with E-state index in [1.807, 2.05) is 0 Å². The van der Waals surface area contributed by atoms with E-state index in [9.17, 15) is 5.11 Å². The maximum absolute atomic E-state index is 9.64. The molecule has 1 aromatic rings. The predicted octanol–water partition coefficient (Wildman–Crippen LogP) is 0.176. The van der Waals surface area contributed by atoms with E-state index in [2.05, 4.69) is 15.2 Å². The van der Waals surface area contributed by atoms with Crippen LogP contribution >= 0.6 is 0 Å². The Hall–Kier alpha value is -0.900. The van der Waals surface area contributed by atoms with Crippen LogP contribution in [0.4, 0.5) is 0 Å². The third-order valence-corrected chi connectivity index (χ3v) is 2.04. The van der Waals surface area contributed by atoms with Gasteiger partial charge in [-0.2, -0.15) is 5.10 Å². The van der Waals surface area contributed by atoms with E-state index >= 15 is 0 Å². The highest BCUT2D eigenvalue weighted by atomic mass is 16.3. The monoisotopic (exact) mass is 139 g/mol. The van der Waals surface area contributed by atoms with Crippen molar-refractivity contribution in [2.24, 2.45) is 0 Å². The molecule has 0 aromatic carbocycles. The van der Waals surface area contributed by atoms with Crippen molar-refractivity contribution in [3.63, 3.8) is 0 Å². The smallest absolute Gasteiger partial charge is 0.156 e. The molecule has 0 unspecified atom stereocenters. The highest BCUT2D eigenvalue weighted by molar-refractivity contribution is 5.03. The number of H-pyrrole nitrogens is 1. The molecule has 4 nitrogen and oxygen atoms in total. The minimum absolute atomic E-state index is 0.610. The van der Waals surface area contributed by atoms with Crippen LogP contribution in [-0.2, 0) is 5.60 Å². The molecule has 1 fully saturated rings.